The Labute approximate surface area is 270 Å². The maximum absolute atomic E-state index is 15.3. The van der Waals surface area contributed by atoms with E-state index in [1.165, 1.54) is 108 Å². The van der Waals surface area contributed by atoms with Crippen LogP contribution in [0.1, 0.15) is 172 Å². The zero-order valence-electron chi connectivity index (χ0n) is 28.3. The van der Waals surface area contributed by atoms with Gasteiger partial charge in [-0.3, -0.25) is 0 Å². The van der Waals surface area contributed by atoms with Crippen LogP contribution in [0.5, 0.6) is 0 Å². The molecule has 1 nitrogen and oxygen atoms in total. The zero-order valence-corrected chi connectivity index (χ0v) is 28.3. The molecule has 0 N–H and O–H groups in total. The lowest BCUT2D eigenvalue weighted by Gasteiger charge is -2.38. The summed E-state index contributed by atoms with van der Waals surface area (Å²) >= 11 is 0. The van der Waals surface area contributed by atoms with Crippen molar-refractivity contribution in [1.29, 1.82) is 0 Å². The van der Waals surface area contributed by atoms with Crippen LogP contribution in [0, 0.1) is 23.6 Å². The summed E-state index contributed by atoms with van der Waals surface area (Å²) in [4.78, 5) is 0. The molecule has 3 saturated carbocycles. The van der Waals surface area contributed by atoms with Crippen molar-refractivity contribution in [1.82, 2.24) is 0 Å². The lowest BCUT2D eigenvalue weighted by Crippen LogP contribution is -2.25. The van der Waals surface area contributed by atoms with Crippen LogP contribution < -0.4 is 0 Å². The van der Waals surface area contributed by atoms with Crippen LogP contribution in [0.4, 0.5) is 4.39 Å². The highest BCUT2D eigenvalue weighted by molar-refractivity contribution is 5.64. The number of rotatable bonds is 15. The molecule has 0 radical (unpaired) electrons. The molecule has 0 saturated heterocycles. The highest BCUT2D eigenvalue weighted by atomic mass is 19.1. The minimum Gasteiger partial charge on any atom is -0.378 e. The van der Waals surface area contributed by atoms with E-state index in [-0.39, 0.29) is 5.82 Å². The highest BCUT2D eigenvalue weighted by Crippen LogP contribution is 2.45. The molecule has 0 unspecified atom stereocenters. The fourth-order valence-electron chi connectivity index (χ4n) is 9.01. The van der Waals surface area contributed by atoms with Gasteiger partial charge in [0.1, 0.15) is 5.82 Å². The molecule has 5 rings (SSSR count). The van der Waals surface area contributed by atoms with Crippen molar-refractivity contribution in [2.75, 3.05) is 6.61 Å². The standard InChI is InChI=1S/C42H63FO/c1-3-5-7-8-9-10-11-32-12-14-33(15-13-32)34-16-18-35(19-17-34)36-20-22-37(23-21-36)39-26-29-41(42(43)31-39)38-24-27-40(28-25-38)44-30-6-4-2/h20-23,26,29,31-35,38,40H,3-19,24-25,27-28,30H2,1-2H3. The lowest BCUT2D eigenvalue weighted by atomic mass is 9.68. The molecule has 2 aromatic rings. The second kappa shape index (κ2) is 17.9. The third-order valence-corrected chi connectivity index (χ3v) is 12.0. The van der Waals surface area contributed by atoms with E-state index in [2.05, 4.69) is 50.2 Å². The van der Waals surface area contributed by atoms with E-state index in [1.807, 2.05) is 0 Å². The number of benzene rings is 2. The van der Waals surface area contributed by atoms with E-state index >= 15 is 4.39 Å². The van der Waals surface area contributed by atoms with Gasteiger partial charge in [-0.1, -0.05) is 114 Å². The first-order chi connectivity index (χ1) is 21.6. The molecule has 3 aliphatic carbocycles. The lowest BCUT2D eigenvalue weighted by molar-refractivity contribution is 0.0230. The summed E-state index contributed by atoms with van der Waals surface area (Å²) in [7, 11) is 0. The first-order valence-electron chi connectivity index (χ1n) is 19.2. The van der Waals surface area contributed by atoms with Gasteiger partial charge in [-0.15, -0.1) is 0 Å². The number of unbranched alkanes of at least 4 members (excludes halogenated alkanes) is 6. The van der Waals surface area contributed by atoms with Gasteiger partial charge < -0.3 is 4.74 Å². The summed E-state index contributed by atoms with van der Waals surface area (Å²) in [6.07, 6.45) is 28.5. The molecule has 0 heterocycles. The molecule has 244 valence electrons. The summed E-state index contributed by atoms with van der Waals surface area (Å²) < 4.78 is 21.4. The third kappa shape index (κ3) is 9.67. The van der Waals surface area contributed by atoms with Crippen molar-refractivity contribution < 1.29 is 9.13 Å². The van der Waals surface area contributed by atoms with Gasteiger partial charge in [0, 0.05) is 6.61 Å². The van der Waals surface area contributed by atoms with Gasteiger partial charge in [0.05, 0.1) is 6.10 Å². The first-order valence-corrected chi connectivity index (χ1v) is 19.2. The van der Waals surface area contributed by atoms with Crippen molar-refractivity contribution in [3.8, 4) is 11.1 Å². The molecule has 0 aliphatic heterocycles. The summed E-state index contributed by atoms with van der Waals surface area (Å²) in [6, 6.07) is 15.1. The van der Waals surface area contributed by atoms with Gasteiger partial charge in [0.25, 0.3) is 0 Å². The molecule has 0 aromatic heterocycles. The average molecular weight is 603 g/mol. The monoisotopic (exact) mass is 602 g/mol. The van der Waals surface area contributed by atoms with Crippen LogP contribution >= 0.6 is 0 Å². The second-order valence-corrected chi connectivity index (χ2v) is 15.0. The fourth-order valence-corrected chi connectivity index (χ4v) is 9.01. The Morgan fingerprint density at radius 3 is 1.84 bits per heavy atom. The molecule has 0 amide bonds. The largest absolute Gasteiger partial charge is 0.378 e. The van der Waals surface area contributed by atoms with Crippen molar-refractivity contribution in [3.05, 3.63) is 59.4 Å². The van der Waals surface area contributed by atoms with Crippen LogP contribution in [0.2, 0.25) is 0 Å². The topological polar surface area (TPSA) is 9.23 Å². The minimum absolute atomic E-state index is 0.0308. The molecule has 0 atom stereocenters. The van der Waals surface area contributed by atoms with Gasteiger partial charge in [-0.05, 0) is 129 Å². The minimum atomic E-state index is -0.0308. The van der Waals surface area contributed by atoms with Crippen LogP contribution in [0.25, 0.3) is 11.1 Å². The Morgan fingerprint density at radius 1 is 0.591 bits per heavy atom. The van der Waals surface area contributed by atoms with Crippen LogP contribution in [0.15, 0.2) is 42.5 Å². The predicted molar refractivity (Wildman–Crippen MR) is 186 cm³/mol. The molecule has 3 aliphatic rings. The van der Waals surface area contributed by atoms with E-state index in [4.69, 9.17) is 4.74 Å². The number of ether oxygens (including phenoxy) is 1. The van der Waals surface area contributed by atoms with Crippen LogP contribution in [-0.2, 0) is 4.74 Å². The normalized spacial score (nSPS) is 27.8. The quantitative estimate of drug-likeness (QED) is 0.184. The zero-order chi connectivity index (χ0) is 30.6. The van der Waals surface area contributed by atoms with Crippen molar-refractivity contribution in [3.63, 3.8) is 0 Å². The number of hydrogen-bond donors (Lipinski definition) is 0. The van der Waals surface area contributed by atoms with Gasteiger partial charge >= 0.3 is 0 Å². The van der Waals surface area contributed by atoms with Crippen molar-refractivity contribution in [2.24, 2.45) is 17.8 Å². The number of halogens is 1. The van der Waals surface area contributed by atoms with Gasteiger partial charge in [-0.25, -0.2) is 4.39 Å². The summed E-state index contributed by atoms with van der Waals surface area (Å²) in [5, 5.41) is 0. The van der Waals surface area contributed by atoms with E-state index < -0.39 is 0 Å². The summed E-state index contributed by atoms with van der Waals surface area (Å²) in [5.41, 5.74) is 4.54. The molecule has 0 bridgehead atoms. The SMILES string of the molecule is CCCCCCCCC1CCC(C2CCC(c3ccc(-c4ccc(C5CCC(OCCCC)CC5)c(F)c4)cc3)CC2)CC1. The van der Waals surface area contributed by atoms with E-state index in [0.29, 0.717) is 17.9 Å². The molecule has 3 fully saturated rings. The smallest absolute Gasteiger partial charge is 0.127 e. The Morgan fingerprint density at radius 2 is 1.18 bits per heavy atom. The first kappa shape index (κ1) is 33.7. The fraction of sp³-hybridized carbons (Fsp3) is 0.714. The maximum Gasteiger partial charge on any atom is 0.127 e. The van der Waals surface area contributed by atoms with Crippen molar-refractivity contribution in [2.45, 2.75) is 167 Å². The van der Waals surface area contributed by atoms with E-state index in [1.54, 1.807) is 6.07 Å². The van der Waals surface area contributed by atoms with Gasteiger partial charge in [0.15, 0.2) is 0 Å². The molecule has 2 aromatic carbocycles. The Hall–Kier alpha value is -1.67. The average Bonchev–Trinajstić information content (AvgIpc) is 3.07. The summed E-state index contributed by atoms with van der Waals surface area (Å²) in [6.45, 7) is 5.38. The third-order valence-electron chi connectivity index (χ3n) is 12.0. The second-order valence-electron chi connectivity index (χ2n) is 15.0. The number of hydrogen-bond acceptors (Lipinski definition) is 1. The molecule has 0 spiro atoms. The molecule has 2 heteroatoms. The Balaban J connectivity index is 1.03. The molecular formula is C42H63FO. The maximum atomic E-state index is 15.3. The van der Waals surface area contributed by atoms with E-state index in [9.17, 15) is 0 Å². The predicted octanol–water partition coefficient (Wildman–Crippen LogP) is 13.2. The van der Waals surface area contributed by atoms with E-state index in [0.717, 1.165) is 73.2 Å². The van der Waals surface area contributed by atoms with Crippen LogP contribution in [-0.4, -0.2) is 12.7 Å². The molecule has 44 heavy (non-hydrogen) atoms. The Kier molecular flexibility index (Phi) is 13.7. The highest BCUT2D eigenvalue weighted by Gasteiger charge is 2.31. The Bertz CT molecular complexity index is 1070. The van der Waals surface area contributed by atoms with Gasteiger partial charge in [-0.2, -0.15) is 0 Å². The summed E-state index contributed by atoms with van der Waals surface area (Å²) in [5.74, 6) is 3.97. The van der Waals surface area contributed by atoms with Crippen LogP contribution in [0.3, 0.4) is 0 Å². The van der Waals surface area contributed by atoms with Gasteiger partial charge in [0.2, 0.25) is 0 Å². The van der Waals surface area contributed by atoms with Crippen molar-refractivity contribution >= 4 is 0 Å². The molecular weight excluding hydrogens is 539 g/mol.